The van der Waals surface area contributed by atoms with Crippen LogP contribution < -0.4 is 19.1 Å². The molecular weight excluding hydrogens is 824 g/mol. The second-order valence-corrected chi connectivity index (χ2v) is 23.7. The van der Waals surface area contributed by atoms with E-state index in [1.807, 2.05) is 57.5 Å². The Hall–Kier alpha value is -6.28. The van der Waals surface area contributed by atoms with Crippen LogP contribution in [0.1, 0.15) is 111 Å². The lowest BCUT2D eigenvalue weighted by Crippen LogP contribution is -2.86. The number of fused-ring (bicyclic) bond motifs is 13. The van der Waals surface area contributed by atoms with Crippen LogP contribution in [0.15, 0.2) is 97.1 Å². The molecule has 6 aliphatic rings. The molecule has 2 aliphatic carbocycles. The van der Waals surface area contributed by atoms with E-state index in [4.69, 9.17) is 9.31 Å². The van der Waals surface area contributed by atoms with Crippen molar-refractivity contribution in [3.05, 3.63) is 141 Å². The molecule has 4 nitrogen and oxygen atoms in total. The number of halogens is 3. The molecule has 0 saturated heterocycles. The van der Waals surface area contributed by atoms with E-state index in [2.05, 4.69) is 132 Å². The first-order valence-electron chi connectivity index (χ1n) is 23.4. The Bertz CT molecular complexity index is 3840. The minimum absolute atomic E-state index is 0.0937. The van der Waals surface area contributed by atoms with Gasteiger partial charge in [0.1, 0.15) is 5.57 Å². The molecule has 6 aromatic carbocycles. The third-order valence-electron chi connectivity index (χ3n) is 15.3. The largest absolute Gasteiger partial charge is 0.780 e. The predicted octanol–water partition coefficient (Wildman–Crippen LogP) is 14.0. The molecule has 1 aromatic heterocycles. The minimum Gasteiger partial charge on any atom is -0.601 e. The number of hydrogen-bond donors (Lipinski definition) is 0. The lowest BCUT2D eigenvalue weighted by Gasteiger charge is -2.46. The topological polar surface area (TPSA) is 27.3 Å². The summed E-state index contributed by atoms with van der Waals surface area (Å²) in [5.41, 5.74) is 8.70. The number of nitrogens with zero attached hydrogens (tertiary/aromatic N) is 2. The third-order valence-corrected chi connectivity index (χ3v) is 15.3. The maximum absolute atomic E-state index is 17.4. The van der Waals surface area contributed by atoms with Gasteiger partial charge < -0.3 is 18.3 Å². The monoisotopic (exact) mass is 876 g/mol. The highest BCUT2D eigenvalue weighted by Crippen LogP contribution is 2.61. The molecular formula is C58H52BF3N2O2. The third kappa shape index (κ3) is 4.85. The molecule has 0 saturated carbocycles. The van der Waals surface area contributed by atoms with Gasteiger partial charge in [0, 0.05) is 28.1 Å². The Morgan fingerprint density at radius 1 is 0.485 bits per heavy atom. The zero-order valence-corrected chi connectivity index (χ0v) is 39.7. The van der Waals surface area contributed by atoms with Crippen molar-refractivity contribution in [2.45, 2.75) is 111 Å². The summed E-state index contributed by atoms with van der Waals surface area (Å²) in [6.45, 7) is 23.3. The maximum atomic E-state index is 17.4. The second-order valence-electron chi connectivity index (χ2n) is 23.7. The molecule has 0 N–H and O–H groups in total. The van der Waals surface area contributed by atoms with Gasteiger partial charge in [-0.25, -0.2) is 0 Å². The zero-order valence-electron chi connectivity index (χ0n) is 39.7. The summed E-state index contributed by atoms with van der Waals surface area (Å²) >= 11 is 0. The highest BCUT2D eigenvalue weighted by Gasteiger charge is 2.65. The Balaban J connectivity index is 1.35. The number of para-hydroxylation sites is 2. The standard InChI is InChI=1S/C58H52BF3N2O2/c1-54(2,3)31-21-29-23-33(56(7,8)9)27-39-43(29)37(25-31)45-47(39)52-49(58(60,61)62)53-48-40-28-34(57(10,11)12)24-30-22-32(55(4,5)6)26-38(44(30)40)46(48)51-36-18-14-16-20-42(36)66-59(64(51)53)63(52)50(45)35-17-13-15-19-41(35)65-59/h13-28H,1-12H3. The first-order valence-corrected chi connectivity index (χ1v) is 23.4. The SMILES string of the molecule is CC(C)(C)c1cc2c3c(cc(C(C)(C)C)cc3c1)-c1c-2c2n3c1-c1ccccc1O[B-]31Oc3ccccc3-c3c4c5cc(C(C)(C)C)cc6cc(C(C)(C)C)cc(c=4c([n+]31)=C2C(F)(F)F)c65. The minimum atomic E-state index is -4.82. The van der Waals surface area contributed by atoms with Crippen molar-refractivity contribution in [2.24, 2.45) is 0 Å². The summed E-state index contributed by atoms with van der Waals surface area (Å²) in [7, 11) is 0. The van der Waals surface area contributed by atoms with Gasteiger partial charge in [0.25, 0.3) is 0 Å². The van der Waals surface area contributed by atoms with E-state index >= 15 is 13.2 Å². The molecule has 1 unspecified atom stereocenters. The van der Waals surface area contributed by atoms with E-state index in [0.29, 0.717) is 33.7 Å². The van der Waals surface area contributed by atoms with Crippen LogP contribution in [0, 0.1) is 10.4 Å². The molecule has 8 heteroatoms. The Morgan fingerprint density at radius 3 is 1.44 bits per heavy atom. The number of benzene rings is 6. The van der Waals surface area contributed by atoms with Crippen molar-refractivity contribution >= 4 is 44.7 Å². The van der Waals surface area contributed by atoms with Gasteiger partial charge in [0.2, 0.25) is 0 Å². The normalized spacial score (nSPS) is 17.3. The molecule has 330 valence electrons. The van der Waals surface area contributed by atoms with Crippen LogP contribution in [0.3, 0.4) is 0 Å². The van der Waals surface area contributed by atoms with E-state index in [1.54, 1.807) is 0 Å². The van der Waals surface area contributed by atoms with Gasteiger partial charge in [-0.05, 0) is 136 Å². The number of alkyl halides is 3. The van der Waals surface area contributed by atoms with Crippen LogP contribution in [-0.2, 0) is 21.7 Å². The lowest BCUT2D eigenvalue weighted by molar-refractivity contribution is -0.578. The average molecular weight is 877 g/mol. The van der Waals surface area contributed by atoms with Gasteiger partial charge >= 0.3 is 13.0 Å². The van der Waals surface area contributed by atoms with Crippen molar-refractivity contribution in [2.75, 3.05) is 0 Å². The van der Waals surface area contributed by atoms with Crippen LogP contribution in [0.4, 0.5) is 13.2 Å². The molecule has 66 heavy (non-hydrogen) atoms. The maximum Gasteiger partial charge on any atom is 0.780 e. The van der Waals surface area contributed by atoms with E-state index in [0.717, 1.165) is 87.6 Å². The number of hydrogen-bond acceptors (Lipinski definition) is 2. The fourth-order valence-corrected chi connectivity index (χ4v) is 12.0. The molecule has 13 rings (SSSR count). The molecule has 1 spiro atoms. The number of rotatable bonds is 0. The Morgan fingerprint density at radius 2 is 0.924 bits per heavy atom. The van der Waals surface area contributed by atoms with E-state index in [9.17, 15) is 0 Å². The van der Waals surface area contributed by atoms with Crippen LogP contribution >= 0.6 is 0 Å². The van der Waals surface area contributed by atoms with Crippen molar-refractivity contribution in [1.82, 2.24) is 4.48 Å². The summed E-state index contributed by atoms with van der Waals surface area (Å²) in [6, 6.07) is 33.5. The quantitative estimate of drug-likeness (QED) is 0.142. The van der Waals surface area contributed by atoms with Crippen molar-refractivity contribution in [3.8, 4) is 56.3 Å². The molecule has 1 atom stereocenters. The highest BCUT2D eigenvalue weighted by atomic mass is 19.4. The van der Waals surface area contributed by atoms with Gasteiger partial charge in [-0.2, -0.15) is 13.2 Å². The number of aromatic nitrogens is 2. The van der Waals surface area contributed by atoms with Crippen LogP contribution in [0.2, 0.25) is 0 Å². The summed E-state index contributed by atoms with van der Waals surface area (Å²) in [5, 5.41) is 7.26. The first kappa shape index (κ1) is 40.0. The van der Waals surface area contributed by atoms with Crippen LogP contribution in [0.5, 0.6) is 11.5 Å². The van der Waals surface area contributed by atoms with E-state index in [1.165, 1.54) is 0 Å². The van der Waals surface area contributed by atoms with Gasteiger partial charge in [-0.3, -0.25) is 0 Å². The average Bonchev–Trinajstić information content (AvgIpc) is 3.95. The first-order chi connectivity index (χ1) is 30.9. The summed E-state index contributed by atoms with van der Waals surface area (Å²) in [4.78, 5) is 0. The Labute approximate surface area is 382 Å². The molecule has 4 aliphatic heterocycles. The van der Waals surface area contributed by atoms with Gasteiger partial charge in [-0.15, -0.1) is 0 Å². The molecule has 5 heterocycles. The van der Waals surface area contributed by atoms with Gasteiger partial charge in [0.05, 0.1) is 27.5 Å². The lowest BCUT2D eigenvalue weighted by atomic mass is 9.76. The molecule has 0 amide bonds. The van der Waals surface area contributed by atoms with Crippen molar-refractivity contribution in [3.63, 3.8) is 0 Å². The van der Waals surface area contributed by atoms with Gasteiger partial charge in [-0.1, -0.05) is 132 Å². The Kier molecular flexibility index (Phi) is 7.16. The molecule has 7 aromatic rings. The summed E-state index contributed by atoms with van der Waals surface area (Å²) in [6.07, 6.45) is -4.82. The fourth-order valence-electron chi connectivity index (χ4n) is 12.0. The predicted molar refractivity (Wildman–Crippen MR) is 262 cm³/mol. The molecule has 0 bridgehead atoms. The van der Waals surface area contributed by atoms with E-state index < -0.39 is 18.6 Å². The highest BCUT2D eigenvalue weighted by molar-refractivity contribution is 6.61. The summed E-state index contributed by atoms with van der Waals surface area (Å²) in [5.74, 6) is 1.14. The summed E-state index contributed by atoms with van der Waals surface area (Å²) < 4.78 is 70.9. The molecule has 0 radical (unpaired) electrons. The fraction of sp³-hybridized carbons (Fsp3) is 0.293. The van der Waals surface area contributed by atoms with Crippen molar-refractivity contribution in [1.29, 1.82) is 0 Å². The van der Waals surface area contributed by atoms with Crippen LogP contribution in [-0.4, -0.2) is 17.5 Å². The van der Waals surface area contributed by atoms with Gasteiger partial charge in [0.15, 0.2) is 11.0 Å². The van der Waals surface area contributed by atoms with Crippen LogP contribution in [0.25, 0.3) is 82.7 Å². The zero-order chi connectivity index (χ0) is 46.3. The molecule has 0 fully saturated rings. The smallest absolute Gasteiger partial charge is 0.601 e. The second kappa shape index (κ2) is 11.8. The van der Waals surface area contributed by atoms with E-state index in [-0.39, 0.29) is 32.7 Å². The van der Waals surface area contributed by atoms with Crippen molar-refractivity contribution < 1.29 is 27.0 Å².